The van der Waals surface area contributed by atoms with Crippen LogP contribution in [0.3, 0.4) is 0 Å². The number of hydrogen-bond donors (Lipinski definition) is 0. The molecule has 3 unspecified atom stereocenters. The summed E-state index contributed by atoms with van der Waals surface area (Å²) in [6, 6.07) is 26.7. The molecule has 2 heterocycles. The number of rotatable bonds is 4. The van der Waals surface area contributed by atoms with Crippen molar-refractivity contribution in [2.45, 2.75) is 24.9 Å². The van der Waals surface area contributed by atoms with Gasteiger partial charge in [0.1, 0.15) is 11.5 Å². The number of esters is 1. The summed E-state index contributed by atoms with van der Waals surface area (Å²) in [6.07, 6.45) is 3.70. The Morgan fingerprint density at radius 3 is 2.10 bits per heavy atom. The normalized spacial score (nSPS) is 21.2. The van der Waals surface area contributed by atoms with E-state index >= 15 is 0 Å². The first kappa shape index (κ1) is 26.3. The first-order chi connectivity index (χ1) is 20.3. The summed E-state index contributed by atoms with van der Waals surface area (Å²) in [6.45, 7) is 1.32. The lowest BCUT2D eigenvalue weighted by molar-refractivity contribution is -0.131. The average molecular weight is 618 g/mol. The molecule has 4 aromatic carbocycles. The minimum Gasteiger partial charge on any atom is -0.424 e. The number of Topliss-reactive ketones (excluding diaryl/α,β-unsaturated/α-hetero) is 3. The maximum atomic E-state index is 14.7. The van der Waals surface area contributed by atoms with E-state index in [1.165, 1.54) is 6.92 Å². The Kier molecular flexibility index (Phi) is 6.10. The maximum Gasteiger partial charge on any atom is 0.308 e. The Labute approximate surface area is 250 Å². The van der Waals surface area contributed by atoms with Crippen LogP contribution in [0.25, 0.3) is 6.08 Å². The molecule has 2 aliphatic heterocycles. The fraction of sp³-hybridized carbons (Fsp3) is 0.143. The smallest absolute Gasteiger partial charge is 0.308 e. The molecule has 0 saturated carbocycles. The number of para-hydroxylation sites is 1. The van der Waals surface area contributed by atoms with Gasteiger partial charge in [-0.05, 0) is 23.8 Å². The van der Waals surface area contributed by atoms with Crippen molar-refractivity contribution in [2.75, 3.05) is 4.90 Å². The molecule has 7 rings (SSSR count). The summed E-state index contributed by atoms with van der Waals surface area (Å²) in [7, 11) is 0. The third-order valence-corrected chi connectivity index (χ3v) is 9.12. The first-order valence-electron chi connectivity index (χ1n) is 13.7. The molecule has 0 N–H and O–H groups in total. The molecular weight excluding hydrogens is 594 g/mol. The van der Waals surface area contributed by atoms with Crippen LogP contribution in [0, 0.1) is 5.41 Å². The van der Waals surface area contributed by atoms with Crippen LogP contribution in [0.15, 0.2) is 108 Å². The summed E-state index contributed by atoms with van der Waals surface area (Å²) < 4.78 is 6.51. The fourth-order valence-corrected chi connectivity index (χ4v) is 7.30. The third-order valence-electron chi connectivity index (χ3n) is 8.60. The van der Waals surface area contributed by atoms with Crippen molar-refractivity contribution in [3.63, 3.8) is 0 Å². The molecule has 7 heteroatoms. The number of ketones is 3. The van der Waals surface area contributed by atoms with E-state index in [9.17, 15) is 19.2 Å². The van der Waals surface area contributed by atoms with Crippen LogP contribution in [-0.4, -0.2) is 35.4 Å². The van der Waals surface area contributed by atoms with E-state index in [0.717, 1.165) is 10.0 Å². The van der Waals surface area contributed by atoms with Crippen LogP contribution in [0.5, 0.6) is 5.75 Å². The van der Waals surface area contributed by atoms with Crippen molar-refractivity contribution in [3.05, 3.63) is 135 Å². The second-order valence-corrected chi connectivity index (χ2v) is 11.7. The molecule has 206 valence electrons. The summed E-state index contributed by atoms with van der Waals surface area (Å²) in [5, 5.41) is 0. The molecule has 1 saturated heterocycles. The van der Waals surface area contributed by atoms with Crippen molar-refractivity contribution in [2.24, 2.45) is 5.41 Å². The quantitative estimate of drug-likeness (QED) is 0.110. The van der Waals surface area contributed by atoms with Crippen LogP contribution in [-0.2, 0) is 4.79 Å². The van der Waals surface area contributed by atoms with Crippen LogP contribution >= 0.6 is 15.9 Å². The van der Waals surface area contributed by atoms with Crippen molar-refractivity contribution in [1.29, 1.82) is 0 Å². The zero-order valence-corrected chi connectivity index (χ0v) is 24.1. The number of ether oxygens (including phenoxy) is 1. The van der Waals surface area contributed by atoms with Gasteiger partial charge in [0.05, 0.1) is 11.7 Å². The summed E-state index contributed by atoms with van der Waals surface area (Å²) in [5.41, 5.74) is 1.44. The number of carbonyl (C=O) groups excluding carboxylic acids is 4. The second-order valence-electron chi connectivity index (χ2n) is 10.8. The molecular formula is C35H24BrNO5. The van der Waals surface area contributed by atoms with Gasteiger partial charge in [0.25, 0.3) is 0 Å². The van der Waals surface area contributed by atoms with Crippen LogP contribution in [0.4, 0.5) is 5.69 Å². The standard InChI is InChI=1S/C35H24BrNO5/c1-20(38)42-27-13-7-10-22-16-19-28-35(33(40)25-11-5-6-12-26(25)34(35)41)29(21-14-17-24(36)18-15-21)31(37(28)30(22)27)32(39)23-8-3-2-4-9-23/h2-19,28-29,31H,1H3. The molecule has 0 bridgehead atoms. The Morgan fingerprint density at radius 1 is 0.810 bits per heavy atom. The number of anilines is 1. The van der Waals surface area contributed by atoms with Crippen LogP contribution in [0.1, 0.15) is 55.0 Å². The monoisotopic (exact) mass is 617 g/mol. The van der Waals surface area contributed by atoms with Gasteiger partial charge in [-0.15, -0.1) is 0 Å². The second kappa shape index (κ2) is 9.74. The van der Waals surface area contributed by atoms with E-state index in [2.05, 4.69) is 15.9 Å². The Morgan fingerprint density at radius 2 is 1.45 bits per heavy atom. The number of fused-ring (bicyclic) bond motifs is 5. The minimum absolute atomic E-state index is 0.235. The van der Waals surface area contributed by atoms with Gasteiger partial charge < -0.3 is 9.64 Å². The van der Waals surface area contributed by atoms with E-state index in [-0.39, 0.29) is 23.1 Å². The number of halogens is 1. The van der Waals surface area contributed by atoms with Crippen molar-refractivity contribution in [3.8, 4) is 5.75 Å². The number of nitrogens with zero attached hydrogens (tertiary/aromatic N) is 1. The van der Waals surface area contributed by atoms with E-state index < -0.39 is 29.4 Å². The zero-order valence-electron chi connectivity index (χ0n) is 22.5. The average Bonchev–Trinajstić information content (AvgIpc) is 3.43. The van der Waals surface area contributed by atoms with Gasteiger partial charge in [-0.1, -0.05) is 107 Å². The molecule has 0 amide bonds. The maximum absolute atomic E-state index is 14.7. The number of hydrogen-bond acceptors (Lipinski definition) is 6. The SMILES string of the molecule is CC(=O)Oc1cccc2c1N1C(C(=O)c3ccccc3)C(c3ccc(Br)cc3)C3(C(=O)c4ccccc4C3=O)C1C=C2. The molecule has 1 spiro atoms. The Hall–Kier alpha value is -4.62. The first-order valence-corrected chi connectivity index (χ1v) is 14.4. The highest BCUT2D eigenvalue weighted by Gasteiger charge is 2.71. The van der Waals surface area contributed by atoms with Gasteiger partial charge in [-0.2, -0.15) is 0 Å². The van der Waals surface area contributed by atoms with Crippen molar-refractivity contribution >= 4 is 51.0 Å². The van der Waals surface area contributed by atoms with Crippen LogP contribution in [0.2, 0.25) is 0 Å². The summed E-state index contributed by atoms with van der Waals surface area (Å²) in [4.78, 5) is 58.2. The highest BCUT2D eigenvalue weighted by Crippen LogP contribution is 2.62. The van der Waals surface area contributed by atoms with Crippen molar-refractivity contribution in [1.82, 2.24) is 0 Å². The molecule has 4 aromatic rings. The Bertz CT molecular complexity index is 1790. The largest absolute Gasteiger partial charge is 0.424 e. The number of benzene rings is 4. The van der Waals surface area contributed by atoms with E-state index in [1.54, 1.807) is 60.7 Å². The van der Waals surface area contributed by atoms with E-state index in [4.69, 9.17) is 4.74 Å². The molecule has 1 fully saturated rings. The van der Waals surface area contributed by atoms with Gasteiger partial charge in [0.15, 0.2) is 23.1 Å². The lowest BCUT2D eigenvalue weighted by Gasteiger charge is -2.37. The van der Waals surface area contributed by atoms with E-state index in [1.807, 2.05) is 53.5 Å². The Balaban J connectivity index is 1.57. The fourth-order valence-electron chi connectivity index (χ4n) is 7.04. The van der Waals surface area contributed by atoms with Crippen LogP contribution < -0.4 is 9.64 Å². The van der Waals surface area contributed by atoms with Gasteiger partial charge in [0.2, 0.25) is 0 Å². The summed E-state index contributed by atoms with van der Waals surface area (Å²) >= 11 is 3.50. The van der Waals surface area contributed by atoms with E-state index in [0.29, 0.717) is 27.9 Å². The van der Waals surface area contributed by atoms with Gasteiger partial charge in [0, 0.05) is 39.6 Å². The molecule has 0 aromatic heterocycles. The van der Waals surface area contributed by atoms with Gasteiger partial charge in [-0.3, -0.25) is 19.2 Å². The third kappa shape index (κ3) is 3.63. The molecule has 3 atom stereocenters. The lowest BCUT2D eigenvalue weighted by atomic mass is 9.64. The summed E-state index contributed by atoms with van der Waals surface area (Å²) in [5.74, 6) is -1.96. The minimum atomic E-state index is -1.63. The molecule has 6 nitrogen and oxygen atoms in total. The predicted octanol–water partition coefficient (Wildman–Crippen LogP) is 6.69. The highest BCUT2D eigenvalue weighted by atomic mass is 79.9. The predicted molar refractivity (Wildman–Crippen MR) is 162 cm³/mol. The highest BCUT2D eigenvalue weighted by molar-refractivity contribution is 9.10. The molecule has 42 heavy (non-hydrogen) atoms. The van der Waals surface area contributed by atoms with Crippen molar-refractivity contribution < 1.29 is 23.9 Å². The van der Waals surface area contributed by atoms with Gasteiger partial charge in [-0.25, -0.2) is 0 Å². The van der Waals surface area contributed by atoms with Gasteiger partial charge >= 0.3 is 5.97 Å². The number of carbonyl (C=O) groups is 4. The molecule has 1 aliphatic carbocycles. The topological polar surface area (TPSA) is 80.8 Å². The molecule has 0 radical (unpaired) electrons. The zero-order chi connectivity index (χ0) is 29.2. The lowest BCUT2D eigenvalue weighted by Crippen LogP contribution is -2.48. The molecule has 3 aliphatic rings.